The first-order valence-electron chi connectivity index (χ1n) is 6.13. The first-order valence-corrected chi connectivity index (χ1v) is 6.13. The van der Waals surface area contributed by atoms with Gasteiger partial charge in [0.05, 0.1) is 4.92 Å². The molecule has 0 aliphatic carbocycles. The molecule has 0 saturated carbocycles. The summed E-state index contributed by atoms with van der Waals surface area (Å²) in [5.41, 5.74) is 5.98. The number of anilines is 1. The lowest BCUT2D eigenvalue weighted by molar-refractivity contribution is -0.383. The van der Waals surface area contributed by atoms with Crippen LogP contribution in [-0.2, 0) is 0 Å². The summed E-state index contributed by atoms with van der Waals surface area (Å²) < 4.78 is 0. The molecule has 1 aromatic rings. The van der Waals surface area contributed by atoms with E-state index >= 15 is 0 Å². The number of rotatable bonds is 2. The Morgan fingerprint density at radius 2 is 2.16 bits per heavy atom. The number of nitrogens with zero attached hydrogens (tertiary/aromatic N) is 2. The van der Waals surface area contributed by atoms with E-state index in [4.69, 9.17) is 5.73 Å². The van der Waals surface area contributed by atoms with E-state index < -0.39 is 4.92 Å². The van der Waals surface area contributed by atoms with Crippen molar-refractivity contribution in [2.24, 2.45) is 5.41 Å². The zero-order valence-corrected chi connectivity index (χ0v) is 11.0. The summed E-state index contributed by atoms with van der Waals surface area (Å²) in [4.78, 5) is 24.2. The molecule has 6 heteroatoms. The molecule has 102 valence electrons. The summed E-state index contributed by atoms with van der Waals surface area (Å²) in [7, 11) is 0. The molecular weight excluding hydrogens is 246 g/mol. The highest BCUT2D eigenvalue weighted by Gasteiger charge is 2.32. The smallest absolute Gasteiger partial charge is 0.292 e. The molecule has 2 rings (SSSR count). The average molecular weight is 263 g/mol. The van der Waals surface area contributed by atoms with E-state index in [2.05, 4.69) is 13.8 Å². The van der Waals surface area contributed by atoms with Gasteiger partial charge in [0.1, 0.15) is 5.69 Å². The molecule has 0 radical (unpaired) electrons. The van der Waals surface area contributed by atoms with Gasteiger partial charge < -0.3 is 10.6 Å². The van der Waals surface area contributed by atoms with Crippen LogP contribution in [0.3, 0.4) is 0 Å². The van der Waals surface area contributed by atoms with Crippen molar-refractivity contribution in [1.82, 2.24) is 4.90 Å². The van der Waals surface area contributed by atoms with Gasteiger partial charge in [0, 0.05) is 24.7 Å². The van der Waals surface area contributed by atoms with E-state index in [-0.39, 0.29) is 22.7 Å². The third-order valence-electron chi connectivity index (χ3n) is 3.44. The van der Waals surface area contributed by atoms with Crippen LogP contribution in [-0.4, -0.2) is 28.8 Å². The largest absolute Gasteiger partial charge is 0.393 e. The lowest BCUT2D eigenvalue weighted by atomic mass is 9.93. The summed E-state index contributed by atoms with van der Waals surface area (Å²) in [6.07, 6.45) is 0.960. The van der Waals surface area contributed by atoms with Crippen molar-refractivity contribution in [2.75, 3.05) is 18.8 Å². The highest BCUT2D eigenvalue weighted by Crippen LogP contribution is 2.30. The number of nitro groups is 1. The van der Waals surface area contributed by atoms with Crippen molar-refractivity contribution in [3.05, 3.63) is 33.9 Å². The molecule has 0 spiro atoms. The van der Waals surface area contributed by atoms with Gasteiger partial charge in [-0.15, -0.1) is 0 Å². The van der Waals surface area contributed by atoms with Gasteiger partial charge >= 0.3 is 0 Å². The van der Waals surface area contributed by atoms with Crippen LogP contribution in [0.25, 0.3) is 0 Å². The molecule has 1 amide bonds. The molecule has 0 atom stereocenters. The second-order valence-corrected chi connectivity index (χ2v) is 5.67. The van der Waals surface area contributed by atoms with Gasteiger partial charge in [-0.2, -0.15) is 0 Å². The molecular formula is C13H17N3O3. The molecule has 0 bridgehead atoms. The van der Waals surface area contributed by atoms with E-state index in [0.717, 1.165) is 6.42 Å². The van der Waals surface area contributed by atoms with Crippen LogP contribution in [0.4, 0.5) is 11.4 Å². The fraction of sp³-hybridized carbons (Fsp3) is 0.462. The second kappa shape index (κ2) is 4.53. The SMILES string of the molecule is CC1(C)CCN(C(=O)c2ccc([N+](=O)[O-])c(N)c2)C1. The van der Waals surface area contributed by atoms with Gasteiger partial charge in [0.15, 0.2) is 0 Å². The number of likely N-dealkylation sites (tertiary alicyclic amines) is 1. The Kier molecular flexibility index (Phi) is 3.18. The standard InChI is InChI=1S/C13H17N3O3/c1-13(2)5-6-15(8-13)12(17)9-3-4-11(16(18)19)10(14)7-9/h3-4,7H,5-6,8,14H2,1-2H3. The third-order valence-corrected chi connectivity index (χ3v) is 3.44. The molecule has 0 unspecified atom stereocenters. The van der Waals surface area contributed by atoms with Gasteiger partial charge in [-0.25, -0.2) is 0 Å². The first kappa shape index (κ1) is 13.3. The first-order chi connectivity index (χ1) is 8.80. The summed E-state index contributed by atoms with van der Waals surface area (Å²) in [6.45, 7) is 5.64. The minimum Gasteiger partial charge on any atom is -0.393 e. The summed E-state index contributed by atoms with van der Waals surface area (Å²) in [5, 5.41) is 10.7. The fourth-order valence-corrected chi connectivity index (χ4v) is 2.32. The van der Waals surface area contributed by atoms with Crippen molar-refractivity contribution >= 4 is 17.3 Å². The van der Waals surface area contributed by atoms with E-state index in [0.29, 0.717) is 18.7 Å². The Morgan fingerprint density at radius 3 is 2.63 bits per heavy atom. The Bertz CT molecular complexity index is 540. The van der Waals surface area contributed by atoms with Crippen LogP contribution in [0.2, 0.25) is 0 Å². The zero-order valence-electron chi connectivity index (χ0n) is 11.0. The molecule has 1 aromatic carbocycles. The maximum atomic E-state index is 12.3. The Hall–Kier alpha value is -2.11. The van der Waals surface area contributed by atoms with Crippen molar-refractivity contribution in [1.29, 1.82) is 0 Å². The van der Waals surface area contributed by atoms with E-state index in [1.807, 2.05) is 0 Å². The van der Waals surface area contributed by atoms with Crippen LogP contribution >= 0.6 is 0 Å². The average Bonchev–Trinajstić information content (AvgIpc) is 2.68. The Morgan fingerprint density at radius 1 is 1.47 bits per heavy atom. The van der Waals surface area contributed by atoms with Crippen molar-refractivity contribution < 1.29 is 9.72 Å². The number of carbonyl (C=O) groups is 1. The lowest BCUT2D eigenvalue weighted by Crippen LogP contribution is -2.30. The van der Waals surface area contributed by atoms with Crippen LogP contribution in [0.1, 0.15) is 30.6 Å². The van der Waals surface area contributed by atoms with Gasteiger partial charge in [0.25, 0.3) is 11.6 Å². The predicted octanol–water partition coefficient (Wildman–Crippen LogP) is 2.05. The van der Waals surface area contributed by atoms with E-state index in [1.54, 1.807) is 4.90 Å². The number of amides is 1. The van der Waals surface area contributed by atoms with Gasteiger partial charge in [-0.05, 0) is 24.0 Å². The van der Waals surface area contributed by atoms with Crippen molar-refractivity contribution in [3.8, 4) is 0 Å². The highest BCUT2D eigenvalue weighted by atomic mass is 16.6. The van der Waals surface area contributed by atoms with Crippen molar-refractivity contribution in [2.45, 2.75) is 20.3 Å². The Labute approximate surface area is 111 Å². The zero-order chi connectivity index (χ0) is 14.2. The maximum Gasteiger partial charge on any atom is 0.292 e. The Balaban J connectivity index is 2.21. The number of nitro benzene ring substituents is 1. The number of carbonyl (C=O) groups excluding carboxylic acids is 1. The lowest BCUT2D eigenvalue weighted by Gasteiger charge is -2.20. The monoisotopic (exact) mass is 263 g/mol. The third kappa shape index (κ3) is 2.67. The quantitative estimate of drug-likeness (QED) is 0.502. The van der Waals surface area contributed by atoms with Gasteiger partial charge in [-0.3, -0.25) is 14.9 Å². The summed E-state index contributed by atoms with van der Waals surface area (Å²) >= 11 is 0. The number of nitrogens with two attached hydrogens (primary N) is 1. The van der Waals surface area contributed by atoms with Gasteiger partial charge in [0.2, 0.25) is 0 Å². The number of nitrogen functional groups attached to an aromatic ring is 1. The molecule has 1 saturated heterocycles. The molecule has 1 fully saturated rings. The molecule has 0 aromatic heterocycles. The summed E-state index contributed by atoms with van der Waals surface area (Å²) in [5.74, 6) is -0.118. The second-order valence-electron chi connectivity index (χ2n) is 5.67. The normalized spacial score (nSPS) is 17.5. The molecule has 1 aliphatic rings. The van der Waals surface area contributed by atoms with Gasteiger partial charge in [-0.1, -0.05) is 13.8 Å². The van der Waals surface area contributed by atoms with Crippen LogP contribution in [0.5, 0.6) is 0 Å². The highest BCUT2D eigenvalue weighted by molar-refractivity contribution is 5.96. The molecule has 1 heterocycles. The number of hydrogen-bond donors (Lipinski definition) is 1. The van der Waals surface area contributed by atoms with E-state index in [1.165, 1.54) is 18.2 Å². The van der Waals surface area contributed by atoms with Crippen LogP contribution in [0, 0.1) is 15.5 Å². The molecule has 1 aliphatic heterocycles. The predicted molar refractivity (Wildman–Crippen MR) is 71.8 cm³/mol. The molecule has 6 nitrogen and oxygen atoms in total. The molecule has 19 heavy (non-hydrogen) atoms. The minimum atomic E-state index is -0.553. The fourth-order valence-electron chi connectivity index (χ4n) is 2.32. The van der Waals surface area contributed by atoms with Crippen LogP contribution in [0.15, 0.2) is 18.2 Å². The van der Waals surface area contributed by atoms with E-state index in [9.17, 15) is 14.9 Å². The minimum absolute atomic E-state index is 0.0225. The maximum absolute atomic E-state index is 12.3. The number of benzene rings is 1. The van der Waals surface area contributed by atoms with Crippen molar-refractivity contribution in [3.63, 3.8) is 0 Å². The van der Waals surface area contributed by atoms with Crippen LogP contribution < -0.4 is 5.73 Å². The summed E-state index contributed by atoms with van der Waals surface area (Å²) in [6, 6.07) is 4.12. The number of hydrogen-bond acceptors (Lipinski definition) is 4. The topological polar surface area (TPSA) is 89.5 Å². The molecule has 2 N–H and O–H groups in total.